The first kappa shape index (κ1) is 19.7. The van der Waals surface area contributed by atoms with E-state index in [1.807, 2.05) is 49.1 Å². The van der Waals surface area contributed by atoms with Crippen molar-refractivity contribution in [1.82, 2.24) is 14.7 Å². The molecule has 0 radical (unpaired) electrons. The highest BCUT2D eigenvalue weighted by Crippen LogP contribution is 2.34. The average molecular weight is 395 g/mol. The molecule has 4 rings (SSSR count). The number of likely N-dealkylation sites (tertiary alicyclic amines) is 1. The first-order valence-electron chi connectivity index (χ1n) is 10.7. The fourth-order valence-corrected chi connectivity index (χ4v) is 4.70. The molecule has 1 aromatic carbocycles. The first-order valence-corrected chi connectivity index (χ1v) is 10.7. The van der Waals surface area contributed by atoms with Gasteiger partial charge in [0.25, 0.3) is 5.91 Å². The molecular weight excluding hydrogens is 364 g/mol. The molecule has 1 atom stereocenters. The Morgan fingerprint density at radius 1 is 1.14 bits per heavy atom. The zero-order valence-electron chi connectivity index (χ0n) is 17.4. The molecule has 1 unspecified atom stereocenters. The molecule has 2 amide bonds. The SMILES string of the molecule is Cc1c(NC(=O)C2(C)CCCN(C(=O)c3ccccc3)C2)cnn1C1CCCC1. The second-order valence-corrected chi connectivity index (χ2v) is 8.74. The fraction of sp³-hybridized carbons (Fsp3) is 0.522. The Morgan fingerprint density at radius 3 is 2.59 bits per heavy atom. The number of carbonyl (C=O) groups is 2. The number of hydrogen-bond acceptors (Lipinski definition) is 3. The van der Waals surface area contributed by atoms with Crippen LogP contribution in [0.5, 0.6) is 0 Å². The summed E-state index contributed by atoms with van der Waals surface area (Å²) in [6.45, 7) is 5.11. The molecule has 0 spiro atoms. The average Bonchev–Trinajstić information content (AvgIpc) is 3.38. The van der Waals surface area contributed by atoms with Crippen LogP contribution in [0.25, 0.3) is 0 Å². The number of carbonyl (C=O) groups excluding carboxylic acids is 2. The van der Waals surface area contributed by atoms with E-state index < -0.39 is 5.41 Å². The summed E-state index contributed by atoms with van der Waals surface area (Å²) in [6, 6.07) is 9.75. The van der Waals surface area contributed by atoms with Crippen molar-refractivity contribution in [3.8, 4) is 0 Å². The second-order valence-electron chi connectivity index (χ2n) is 8.74. The van der Waals surface area contributed by atoms with Crippen LogP contribution < -0.4 is 5.32 Å². The number of nitrogens with one attached hydrogen (secondary N) is 1. The van der Waals surface area contributed by atoms with Crippen molar-refractivity contribution in [2.24, 2.45) is 5.41 Å². The van der Waals surface area contributed by atoms with Gasteiger partial charge in [-0.3, -0.25) is 14.3 Å². The van der Waals surface area contributed by atoms with Gasteiger partial charge in [0.2, 0.25) is 5.91 Å². The monoisotopic (exact) mass is 394 g/mol. The Morgan fingerprint density at radius 2 is 1.86 bits per heavy atom. The van der Waals surface area contributed by atoms with Crippen LogP contribution in [-0.4, -0.2) is 39.6 Å². The van der Waals surface area contributed by atoms with Crippen LogP contribution in [0.1, 0.15) is 67.5 Å². The van der Waals surface area contributed by atoms with Gasteiger partial charge in [0, 0.05) is 18.7 Å². The van der Waals surface area contributed by atoms with E-state index in [9.17, 15) is 9.59 Å². The number of nitrogens with zero attached hydrogens (tertiary/aromatic N) is 3. The predicted molar refractivity (Wildman–Crippen MR) is 113 cm³/mol. The van der Waals surface area contributed by atoms with Gasteiger partial charge in [0.1, 0.15) is 0 Å². The Labute approximate surface area is 172 Å². The highest BCUT2D eigenvalue weighted by atomic mass is 16.2. The summed E-state index contributed by atoms with van der Waals surface area (Å²) in [4.78, 5) is 27.9. The van der Waals surface area contributed by atoms with Crippen molar-refractivity contribution in [2.45, 2.75) is 58.4 Å². The molecule has 6 heteroatoms. The number of aromatic nitrogens is 2. The lowest BCUT2D eigenvalue weighted by atomic mass is 9.80. The Balaban J connectivity index is 1.46. The molecule has 6 nitrogen and oxygen atoms in total. The standard InChI is InChI=1S/C23H30N4O2/c1-17-20(15-24-27(17)19-11-6-7-12-19)25-22(29)23(2)13-8-14-26(16-23)21(28)18-9-4-3-5-10-18/h3-5,9-10,15,19H,6-8,11-14,16H2,1-2H3,(H,25,29). The summed E-state index contributed by atoms with van der Waals surface area (Å²) < 4.78 is 2.07. The zero-order valence-corrected chi connectivity index (χ0v) is 17.4. The maximum atomic E-state index is 13.2. The lowest BCUT2D eigenvalue weighted by Crippen LogP contribution is -2.50. The summed E-state index contributed by atoms with van der Waals surface area (Å²) in [7, 11) is 0. The molecule has 2 heterocycles. The molecule has 1 saturated heterocycles. The largest absolute Gasteiger partial charge is 0.338 e. The van der Waals surface area contributed by atoms with Crippen LogP contribution in [0.2, 0.25) is 0 Å². The van der Waals surface area contributed by atoms with E-state index in [1.165, 1.54) is 12.8 Å². The normalized spacial score (nSPS) is 22.6. The minimum Gasteiger partial charge on any atom is -0.338 e. The number of anilines is 1. The Kier molecular flexibility index (Phi) is 5.43. The lowest BCUT2D eigenvalue weighted by Gasteiger charge is -2.39. The minimum atomic E-state index is -0.607. The van der Waals surface area contributed by atoms with Gasteiger partial charge in [-0.25, -0.2) is 0 Å². The molecule has 2 aromatic rings. The third-order valence-electron chi connectivity index (χ3n) is 6.52. The second kappa shape index (κ2) is 8.01. The van der Waals surface area contributed by atoms with E-state index in [2.05, 4.69) is 15.1 Å². The van der Waals surface area contributed by atoms with Crippen molar-refractivity contribution < 1.29 is 9.59 Å². The van der Waals surface area contributed by atoms with E-state index in [4.69, 9.17) is 0 Å². The van der Waals surface area contributed by atoms with Crippen LogP contribution >= 0.6 is 0 Å². The predicted octanol–water partition coefficient (Wildman–Crippen LogP) is 4.19. The van der Waals surface area contributed by atoms with Crippen molar-refractivity contribution in [2.75, 3.05) is 18.4 Å². The highest BCUT2D eigenvalue weighted by molar-refractivity contribution is 5.98. The summed E-state index contributed by atoms with van der Waals surface area (Å²) in [5.41, 5.74) is 1.87. The molecule has 1 aromatic heterocycles. The van der Waals surface area contributed by atoms with Crippen LogP contribution in [0, 0.1) is 12.3 Å². The van der Waals surface area contributed by atoms with E-state index in [1.54, 1.807) is 6.20 Å². The molecule has 1 aliphatic heterocycles. The van der Waals surface area contributed by atoms with Crippen LogP contribution in [0.4, 0.5) is 5.69 Å². The summed E-state index contributed by atoms with van der Waals surface area (Å²) in [5, 5.41) is 7.64. The third-order valence-corrected chi connectivity index (χ3v) is 6.52. The van der Waals surface area contributed by atoms with Crippen molar-refractivity contribution >= 4 is 17.5 Å². The Hall–Kier alpha value is -2.63. The van der Waals surface area contributed by atoms with E-state index in [0.29, 0.717) is 24.7 Å². The van der Waals surface area contributed by atoms with Crippen molar-refractivity contribution in [3.05, 3.63) is 47.8 Å². The lowest BCUT2D eigenvalue weighted by molar-refractivity contribution is -0.127. The van der Waals surface area contributed by atoms with E-state index in [-0.39, 0.29) is 11.8 Å². The van der Waals surface area contributed by atoms with Gasteiger partial charge in [0.15, 0.2) is 0 Å². The smallest absolute Gasteiger partial charge is 0.253 e. The molecule has 2 aliphatic rings. The van der Waals surface area contributed by atoms with Gasteiger partial charge in [0.05, 0.1) is 29.0 Å². The molecular formula is C23H30N4O2. The molecule has 2 fully saturated rings. The van der Waals surface area contributed by atoms with Gasteiger partial charge in [-0.1, -0.05) is 31.0 Å². The van der Waals surface area contributed by atoms with E-state index in [0.717, 1.165) is 37.1 Å². The molecule has 0 bridgehead atoms. The number of rotatable bonds is 4. The van der Waals surface area contributed by atoms with Crippen molar-refractivity contribution in [1.29, 1.82) is 0 Å². The summed E-state index contributed by atoms with van der Waals surface area (Å²) in [6.07, 6.45) is 8.17. The quantitative estimate of drug-likeness (QED) is 0.846. The Bertz CT molecular complexity index is 886. The van der Waals surface area contributed by atoms with Gasteiger partial charge >= 0.3 is 0 Å². The maximum Gasteiger partial charge on any atom is 0.253 e. The molecule has 1 N–H and O–H groups in total. The number of benzene rings is 1. The topological polar surface area (TPSA) is 67.2 Å². The van der Waals surface area contributed by atoms with Crippen LogP contribution in [-0.2, 0) is 4.79 Å². The van der Waals surface area contributed by atoms with Gasteiger partial charge < -0.3 is 10.2 Å². The van der Waals surface area contributed by atoms with Gasteiger partial charge in [-0.15, -0.1) is 0 Å². The molecule has 154 valence electrons. The number of amides is 2. The summed E-state index contributed by atoms with van der Waals surface area (Å²) in [5.74, 6) is -0.0355. The van der Waals surface area contributed by atoms with E-state index >= 15 is 0 Å². The van der Waals surface area contributed by atoms with Gasteiger partial charge in [-0.2, -0.15) is 5.10 Å². The van der Waals surface area contributed by atoms with Crippen LogP contribution in [0.15, 0.2) is 36.5 Å². The molecule has 29 heavy (non-hydrogen) atoms. The van der Waals surface area contributed by atoms with Crippen molar-refractivity contribution in [3.63, 3.8) is 0 Å². The third kappa shape index (κ3) is 3.93. The fourth-order valence-electron chi connectivity index (χ4n) is 4.70. The molecule has 1 aliphatic carbocycles. The van der Waals surface area contributed by atoms with Crippen LogP contribution in [0.3, 0.4) is 0 Å². The number of piperidine rings is 1. The maximum absolute atomic E-state index is 13.2. The minimum absolute atomic E-state index is 0.00504. The first-order chi connectivity index (χ1) is 14.0. The number of hydrogen-bond donors (Lipinski definition) is 1. The molecule has 1 saturated carbocycles. The zero-order chi connectivity index (χ0) is 20.4. The highest BCUT2D eigenvalue weighted by Gasteiger charge is 2.40. The van der Waals surface area contributed by atoms with Gasteiger partial charge in [-0.05, 0) is 51.7 Å². The summed E-state index contributed by atoms with van der Waals surface area (Å²) >= 11 is 0.